The Morgan fingerprint density at radius 2 is 2.07 bits per heavy atom. The largest absolute Gasteiger partial charge is 0.481 e. The van der Waals surface area contributed by atoms with Crippen molar-refractivity contribution in [2.45, 2.75) is 52.4 Å². The van der Waals surface area contributed by atoms with Crippen molar-refractivity contribution in [3.8, 4) is 0 Å². The predicted octanol–water partition coefficient (Wildman–Crippen LogP) is 3.31. The van der Waals surface area contributed by atoms with Gasteiger partial charge in [-0.2, -0.15) is 0 Å². The highest BCUT2D eigenvalue weighted by Crippen LogP contribution is 2.37. The number of carboxylic acids is 1. The lowest BCUT2D eigenvalue weighted by Crippen LogP contribution is -2.30. The molecule has 2 nitrogen and oxygen atoms in total. The van der Waals surface area contributed by atoms with Gasteiger partial charge < -0.3 is 5.11 Å². The van der Waals surface area contributed by atoms with E-state index in [1.165, 1.54) is 6.42 Å². The normalized spacial score (nSPS) is 32.9. The Morgan fingerprint density at radius 1 is 1.36 bits per heavy atom. The quantitative estimate of drug-likeness (QED) is 0.752. The molecule has 0 spiro atoms. The van der Waals surface area contributed by atoms with Gasteiger partial charge in [0.2, 0.25) is 0 Å². The molecule has 0 radical (unpaired) electrons. The summed E-state index contributed by atoms with van der Waals surface area (Å²) in [5.41, 5.74) is 0. The number of carboxylic acid groups (broad SMARTS) is 1. The minimum absolute atomic E-state index is 0.0576. The van der Waals surface area contributed by atoms with Gasteiger partial charge in [0.25, 0.3) is 0 Å². The fourth-order valence-electron chi connectivity index (χ4n) is 2.75. The number of hydrogen-bond acceptors (Lipinski definition) is 1. The molecule has 1 saturated carbocycles. The molecular formula is C12H22O2. The summed E-state index contributed by atoms with van der Waals surface area (Å²) in [7, 11) is 0. The van der Waals surface area contributed by atoms with Gasteiger partial charge in [0, 0.05) is 0 Å². The molecule has 0 saturated heterocycles. The predicted molar refractivity (Wildman–Crippen MR) is 57.2 cm³/mol. The zero-order valence-electron chi connectivity index (χ0n) is 9.33. The van der Waals surface area contributed by atoms with Gasteiger partial charge in [-0.25, -0.2) is 0 Å². The van der Waals surface area contributed by atoms with Crippen molar-refractivity contribution >= 4 is 5.97 Å². The van der Waals surface area contributed by atoms with Crippen LogP contribution in [0.2, 0.25) is 0 Å². The molecule has 1 aliphatic carbocycles. The number of carbonyl (C=O) groups is 1. The van der Waals surface area contributed by atoms with Crippen LogP contribution in [0.1, 0.15) is 52.4 Å². The van der Waals surface area contributed by atoms with Gasteiger partial charge in [-0.3, -0.25) is 4.79 Å². The van der Waals surface area contributed by atoms with Crippen molar-refractivity contribution < 1.29 is 9.90 Å². The zero-order valence-corrected chi connectivity index (χ0v) is 9.33. The van der Waals surface area contributed by atoms with Gasteiger partial charge >= 0.3 is 5.97 Å². The summed E-state index contributed by atoms with van der Waals surface area (Å²) in [5.74, 6) is 0.592. The van der Waals surface area contributed by atoms with Crippen molar-refractivity contribution in [1.29, 1.82) is 0 Å². The Balaban J connectivity index is 2.55. The lowest BCUT2D eigenvalue weighted by atomic mass is 9.71. The maximum atomic E-state index is 11.0. The van der Waals surface area contributed by atoms with Crippen molar-refractivity contribution in [2.75, 3.05) is 0 Å². The third-order valence-corrected chi connectivity index (χ3v) is 3.65. The fourth-order valence-corrected chi connectivity index (χ4v) is 2.75. The summed E-state index contributed by atoms with van der Waals surface area (Å²) < 4.78 is 0. The van der Waals surface area contributed by atoms with Crippen LogP contribution in [0, 0.1) is 17.8 Å². The summed E-state index contributed by atoms with van der Waals surface area (Å²) in [6, 6.07) is 0. The van der Waals surface area contributed by atoms with Gasteiger partial charge in [-0.05, 0) is 37.5 Å². The van der Waals surface area contributed by atoms with Gasteiger partial charge in [0.1, 0.15) is 0 Å². The second-order valence-corrected chi connectivity index (χ2v) is 4.58. The van der Waals surface area contributed by atoms with E-state index >= 15 is 0 Å². The molecule has 0 amide bonds. The van der Waals surface area contributed by atoms with Crippen LogP contribution in [-0.2, 0) is 4.79 Å². The summed E-state index contributed by atoms with van der Waals surface area (Å²) in [6.45, 7) is 4.36. The SMILES string of the molecule is CCCC1CC(CC)CCC1C(=O)O. The molecule has 14 heavy (non-hydrogen) atoms. The molecule has 82 valence electrons. The lowest BCUT2D eigenvalue weighted by molar-refractivity contribution is -0.145. The van der Waals surface area contributed by atoms with Crippen molar-refractivity contribution in [2.24, 2.45) is 17.8 Å². The Morgan fingerprint density at radius 3 is 2.57 bits per heavy atom. The molecule has 0 aromatic heterocycles. The molecule has 1 aliphatic rings. The van der Waals surface area contributed by atoms with E-state index in [1.807, 2.05) is 0 Å². The number of hydrogen-bond donors (Lipinski definition) is 1. The molecular weight excluding hydrogens is 176 g/mol. The van der Waals surface area contributed by atoms with E-state index in [9.17, 15) is 4.79 Å². The first-order valence-corrected chi connectivity index (χ1v) is 5.91. The first kappa shape index (κ1) is 11.5. The van der Waals surface area contributed by atoms with E-state index in [1.54, 1.807) is 0 Å². The molecule has 0 bridgehead atoms. The van der Waals surface area contributed by atoms with Crippen molar-refractivity contribution in [1.82, 2.24) is 0 Å². The maximum absolute atomic E-state index is 11.0. The minimum Gasteiger partial charge on any atom is -0.481 e. The summed E-state index contributed by atoms with van der Waals surface area (Å²) in [5, 5.41) is 9.09. The Labute approximate surface area is 86.7 Å². The molecule has 0 heterocycles. The van der Waals surface area contributed by atoms with Crippen LogP contribution in [0.4, 0.5) is 0 Å². The number of rotatable bonds is 4. The molecule has 0 aromatic rings. The standard InChI is InChI=1S/C12H22O2/c1-3-5-10-8-9(4-2)6-7-11(10)12(13)14/h9-11H,3-8H2,1-2H3,(H,13,14). The Kier molecular flexibility index (Phi) is 4.43. The second-order valence-electron chi connectivity index (χ2n) is 4.58. The average molecular weight is 198 g/mol. The molecule has 2 heteroatoms. The maximum Gasteiger partial charge on any atom is 0.306 e. The molecule has 1 N–H and O–H groups in total. The Bertz CT molecular complexity index is 189. The lowest BCUT2D eigenvalue weighted by Gasteiger charge is -2.33. The molecule has 3 unspecified atom stereocenters. The van der Waals surface area contributed by atoms with Crippen molar-refractivity contribution in [3.05, 3.63) is 0 Å². The van der Waals surface area contributed by atoms with E-state index in [4.69, 9.17) is 5.11 Å². The van der Waals surface area contributed by atoms with Gasteiger partial charge in [-0.1, -0.05) is 26.7 Å². The highest BCUT2D eigenvalue weighted by molar-refractivity contribution is 5.70. The smallest absolute Gasteiger partial charge is 0.306 e. The summed E-state index contributed by atoms with van der Waals surface area (Å²) in [6.07, 6.45) is 6.58. The van der Waals surface area contributed by atoms with Crippen LogP contribution in [0.15, 0.2) is 0 Å². The number of aliphatic carboxylic acids is 1. The van der Waals surface area contributed by atoms with Crippen LogP contribution in [0.25, 0.3) is 0 Å². The van der Waals surface area contributed by atoms with Crippen LogP contribution in [0.3, 0.4) is 0 Å². The van der Waals surface area contributed by atoms with Gasteiger partial charge in [-0.15, -0.1) is 0 Å². The van der Waals surface area contributed by atoms with Gasteiger partial charge in [0.15, 0.2) is 0 Å². The average Bonchev–Trinajstić information content (AvgIpc) is 2.17. The topological polar surface area (TPSA) is 37.3 Å². The molecule has 3 atom stereocenters. The van der Waals surface area contributed by atoms with E-state index < -0.39 is 5.97 Å². The van der Waals surface area contributed by atoms with E-state index in [0.717, 1.165) is 38.0 Å². The zero-order chi connectivity index (χ0) is 10.6. The first-order chi connectivity index (χ1) is 6.69. The van der Waals surface area contributed by atoms with Crippen molar-refractivity contribution in [3.63, 3.8) is 0 Å². The van der Waals surface area contributed by atoms with Gasteiger partial charge in [0.05, 0.1) is 5.92 Å². The second kappa shape index (κ2) is 5.38. The van der Waals surface area contributed by atoms with Crippen LogP contribution < -0.4 is 0 Å². The highest BCUT2D eigenvalue weighted by Gasteiger charge is 2.33. The summed E-state index contributed by atoms with van der Waals surface area (Å²) >= 11 is 0. The molecule has 1 rings (SSSR count). The van der Waals surface area contributed by atoms with Crippen LogP contribution >= 0.6 is 0 Å². The highest BCUT2D eigenvalue weighted by atomic mass is 16.4. The van der Waals surface area contributed by atoms with Crippen LogP contribution in [-0.4, -0.2) is 11.1 Å². The molecule has 0 aliphatic heterocycles. The van der Waals surface area contributed by atoms with E-state index in [0.29, 0.717) is 5.92 Å². The Hall–Kier alpha value is -0.530. The van der Waals surface area contributed by atoms with Crippen LogP contribution in [0.5, 0.6) is 0 Å². The monoisotopic (exact) mass is 198 g/mol. The van der Waals surface area contributed by atoms with E-state index in [2.05, 4.69) is 13.8 Å². The fraction of sp³-hybridized carbons (Fsp3) is 0.917. The van der Waals surface area contributed by atoms with E-state index in [-0.39, 0.29) is 5.92 Å². The molecule has 0 aromatic carbocycles. The third-order valence-electron chi connectivity index (χ3n) is 3.65. The summed E-state index contributed by atoms with van der Waals surface area (Å²) in [4.78, 5) is 11.0. The third kappa shape index (κ3) is 2.73. The minimum atomic E-state index is -0.571. The molecule has 1 fully saturated rings. The first-order valence-electron chi connectivity index (χ1n) is 5.91.